The number of nitrogens with zero attached hydrogens (tertiary/aromatic N) is 2. The SMILES string of the molecule is CCCC(C)Oc1cc(NC)nc(C)n1. The fraction of sp³-hybridized carbons (Fsp3) is 0.636. The summed E-state index contributed by atoms with van der Waals surface area (Å²) in [6, 6.07) is 1.82. The van der Waals surface area contributed by atoms with Gasteiger partial charge in [-0.25, -0.2) is 4.98 Å². The Bertz CT molecular complexity index is 315. The van der Waals surface area contributed by atoms with Gasteiger partial charge in [-0.1, -0.05) is 13.3 Å². The normalized spacial score (nSPS) is 12.3. The Morgan fingerprint density at radius 2 is 2.20 bits per heavy atom. The van der Waals surface area contributed by atoms with Crippen molar-refractivity contribution in [3.8, 4) is 5.88 Å². The molecule has 4 nitrogen and oxygen atoms in total. The number of ether oxygens (including phenoxy) is 1. The van der Waals surface area contributed by atoms with Gasteiger partial charge in [-0.2, -0.15) is 4.98 Å². The molecule has 0 aliphatic heterocycles. The van der Waals surface area contributed by atoms with Crippen molar-refractivity contribution in [3.05, 3.63) is 11.9 Å². The molecule has 1 N–H and O–H groups in total. The monoisotopic (exact) mass is 209 g/mol. The quantitative estimate of drug-likeness (QED) is 0.809. The van der Waals surface area contributed by atoms with Crippen LogP contribution in [0.25, 0.3) is 0 Å². The Morgan fingerprint density at radius 1 is 1.47 bits per heavy atom. The van der Waals surface area contributed by atoms with E-state index in [9.17, 15) is 0 Å². The summed E-state index contributed by atoms with van der Waals surface area (Å²) in [4.78, 5) is 8.43. The van der Waals surface area contributed by atoms with Crippen LogP contribution in [0.4, 0.5) is 5.82 Å². The van der Waals surface area contributed by atoms with Crippen LogP contribution in [0, 0.1) is 6.92 Å². The number of rotatable bonds is 5. The molecule has 0 spiro atoms. The molecule has 0 bridgehead atoms. The zero-order chi connectivity index (χ0) is 11.3. The van der Waals surface area contributed by atoms with Crippen molar-refractivity contribution in [3.63, 3.8) is 0 Å². The highest BCUT2D eigenvalue weighted by atomic mass is 16.5. The van der Waals surface area contributed by atoms with Crippen LogP contribution in [0.1, 0.15) is 32.5 Å². The molecule has 1 atom stereocenters. The minimum atomic E-state index is 0.203. The van der Waals surface area contributed by atoms with Gasteiger partial charge in [-0.05, 0) is 20.3 Å². The summed E-state index contributed by atoms with van der Waals surface area (Å²) in [5.41, 5.74) is 0. The first-order valence-electron chi connectivity index (χ1n) is 5.35. The number of anilines is 1. The topological polar surface area (TPSA) is 47.0 Å². The largest absolute Gasteiger partial charge is 0.475 e. The van der Waals surface area contributed by atoms with E-state index >= 15 is 0 Å². The van der Waals surface area contributed by atoms with Crippen LogP contribution >= 0.6 is 0 Å². The molecule has 0 aliphatic carbocycles. The van der Waals surface area contributed by atoms with Gasteiger partial charge in [0.15, 0.2) is 0 Å². The van der Waals surface area contributed by atoms with Crippen molar-refractivity contribution in [2.45, 2.75) is 39.7 Å². The third kappa shape index (κ3) is 3.73. The number of aryl methyl sites for hydroxylation is 1. The summed E-state index contributed by atoms with van der Waals surface area (Å²) >= 11 is 0. The lowest BCUT2D eigenvalue weighted by Crippen LogP contribution is -2.12. The maximum atomic E-state index is 5.69. The summed E-state index contributed by atoms with van der Waals surface area (Å²) in [6.45, 7) is 6.06. The van der Waals surface area contributed by atoms with Crippen molar-refractivity contribution in [2.24, 2.45) is 0 Å². The summed E-state index contributed by atoms with van der Waals surface area (Å²) < 4.78 is 5.69. The molecule has 1 unspecified atom stereocenters. The second kappa shape index (κ2) is 5.53. The molecule has 15 heavy (non-hydrogen) atoms. The number of hydrogen-bond acceptors (Lipinski definition) is 4. The standard InChI is InChI=1S/C11H19N3O/c1-5-6-8(2)15-11-7-10(12-4)13-9(3)14-11/h7-8H,5-6H2,1-4H3,(H,12,13,14). The first-order valence-corrected chi connectivity index (χ1v) is 5.35. The molecule has 0 saturated heterocycles. The average Bonchev–Trinajstić information content (AvgIpc) is 2.17. The van der Waals surface area contributed by atoms with Gasteiger partial charge in [0, 0.05) is 13.1 Å². The molecule has 4 heteroatoms. The zero-order valence-corrected chi connectivity index (χ0v) is 9.87. The highest BCUT2D eigenvalue weighted by Crippen LogP contribution is 2.15. The molecule has 0 saturated carbocycles. The Kier molecular flexibility index (Phi) is 4.34. The molecular weight excluding hydrogens is 190 g/mol. The van der Waals surface area contributed by atoms with Gasteiger partial charge in [0.1, 0.15) is 11.6 Å². The summed E-state index contributed by atoms with van der Waals surface area (Å²) in [5, 5.41) is 2.98. The lowest BCUT2D eigenvalue weighted by atomic mass is 10.2. The van der Waals surface area contributed by atoms with Gasteiger partial charge in [-0.15, -0.1) is 0 Å². The van der Waals surface area contributed by atoms with Crippen molar-refractivity contribution < 1.29 is 4.74 Å². The highest BCUT2D eigenvalue weighted by molar-refractivity contribution is 5.37. The smallest absolute Gasteiger partial charge is 0.218 e. The third-order valence-electron chi connectivity index (χ3n) is 2.09. The van der Waals surface area contributed by atoms with Crippen LogP contribution in [0.2, 0.25) is 0 Å². The number of nitrogens with one attached hydrogen (secondary N) is 1. The van der Waals surface area contributed by atoms with Gasteiger partial charge in [0.05, 0.1) is 6.10 Å². The van der Waals surface area contributed by atoms with E-state index in [1.807, 2.05) is 20.0 Å². The van der Waals surface area contributed by atoms with Gasteiger partial charge < -0.3 is 10.1 Å². The minimum absolute atomic E-state index is 0.203. The Balaban J connectivity index is 2.71. The van der Waals surface area contributed by atoms with E-state index in [0.29, 0.717) is 5.88 Å². The second-order valence-corrected chi connectivity index (χ2v) is 3.61. The predicted octanol–water partition coefficient (Wildman–Crippen LogP) is 2.39. The molecule has 0 fully saturated rings. The first kappa shape index (κ1) is 11.8. The van der Waals surface area contributed by atoms with E-state index < -0.39 is 0 Å². The maximum absolute atomic E-state index is 5.69. The fourth-order valence-corrected chi connectivity index (χ4v) is 1.40. The maximum Gasteiger partial charge on any atom is 0.218 e. The van der Waals surface area contributed by atoms with E-state index in [1.165, 1.54) is 0 Å². The Morgan fingerprint density at radius 3 is 2.80 bits per heavy atom. The summed E-state index contributed by atoms with van der Waals surface area (Å²) in [5.74, 6) is 2.16. The van der Waals surface area contributed by atoms with Crippen molar-refractivity contribution >= 4 is 5.82 Å². The molecule has 0 aliphatic rings. The molecule has 0 amide bonds. The number of hydrogen-bond donors (Lipinski definition) is 1. The highest BCUT2D eigenvalue weighted by Gasteiger charge is 2.06. The predicted molar refractivity (Wildman–Crippen MR) is 61.3 cm³/mol. The van der Waals surface area contributed by atoms with Crippen LogP contribution in [-0.4, -0.2) is 23.1 Å². The summed E-state index contributed by atoms with van der Waals surface area (Å²) in [7, 11) is 1.83. The minimum Gasteiger partial charge on any atom is -0.475 e. The molecule has 84 valence electrons. The molecule has 0 aromatic carbocycles. The van der Waals surface area contributed by atoms with Crippen molar-refractivity contribution in [2.75, 3.05) is 12.4 Å². The van der Waals surface area contributed by atoms with Gasteiger partial charge >= 0.3 is 0 Å². The molecule has 1 aromatic rings. The molecular formula is C11H19N3O. The molecule has 0 radical (unpaired) electrons. The Labute approximate surface area is 91.1 Å². The lowest BCUT2D eigenvalue weighted by molar-refractivity contribution is 0.201. The Hall–Kier alpha value is -1.32. The molecule has 1 heterocycles. The van der Waals surface area contributed by atoms with Crippen LogP contribution in [-0.2, 0) is 0 Å². The van der Waals surface area contributed by atoms with Crippen molar-refractivity contribution in [1.29, 1.82) is 0 Å². The third-order valence-corrected chi connectivity index (χ3v) is 2.09. The molecule has 1 rings (SSSR count). The van der Waals surface area contributed by atoms with Gasteiger partial charge in [0.2, 0.25) is 5.88 Å². The van der Waals surface area contributed by atoms with Crippen LogP contribution in [0.5, 0.6) is 5.88 Å². The van der Waals surface area contributed by atoms with Gasteiger partial charge in [-0.3, -0.25) is 0 Å². The van der Waals surface area contributed by atoms with E-state index in [2.05, 4.69) is 29.1 Å². The van der Waals surface area contributed by atoms with Crippen LogP contribution in [0.3, 0.4) is 0 Å². The van der Waals surface area contributed by atoms with Crippen LogP contribution in [0.15, 0.2) is 6.07 Å². The first-order chi connectivity index (χ1) is 7.15. The van der Waals surface area contributed by atoms with E-state index in [4.69, 9.17) is 4.74 Å². The molecule has 1 aromatic heterocycles. The summed E-state index contributed by atoms with van der Waals surface area (Å²) in [6.07, 6.45) is 2.36. The van der Waals surface area contributed by atoms with E-state index in [-0.39, 0.29) is 6.10 Å². The van der Waals surface area contributed by atoms with Crippen molar-refractivity contribution in [1.82, 2.24) is 9.97 Å². The van der Waals surface area contributed by atoms with E-state index in [0.717, 1.165) is 24.5 Å². The second-order valence-electron chi connectivity index (χ2n) is 3.61. The lowest BCUT2D eigenvalue weighted by Gasteiger charge is -2.13. The van der Waals surface area contributed by atoms with Gasteiger partial charge in [0.25, 0.3) is 0 Å². The van der Waals surface area contributed by atoms with Crippen LogP contribution < -0.4 is 10.1 Å². The average molecular weight is 209 g/mol. The fourth-order valence-electron chi connectivity index (χ4n) is 1.40. The van der Waals surface area contributed by atoms with E-state index in [1.54, 1.807) is 0 Å². The zero-order valence-electron chi connectivity index (χ0n) is 9.87. The number of aromatic nitrogens is 2.